The fraction of sp³-hybridized carbons (Fsp3) is 0.316. The third kappa shape index (κ3) is 3.70. The van der Waals surface area contributed by atoms with E-state index >= 15 is 0 Å². The number of benzene rings is 1. The molecule has 0 unspecified atom stereocenters. The Balaban J connectivity index is 1.58. The van der Waals surface area contributed by atoms with Crippen LogP contribution in [-0.4, -0.2) is 33.8 Å². The van der Waals surface area contributed by atoms with E-state index in [4.69, 9.17) is 16.3 Å². The van der Waals surface area contributed by atoms with Gasteiger partial charge in [-0.1, -0.05) is 17.7 Å². The minimum Gasteiger partial charge on any atom is -0.448 e. The summed E-state index contributed by atoms with van der Waals surface area (Å²) in [4.78, 5) is 25.8. The number of fused-ring (bicyclic) bond motifs is 1. The molecular formula is C19H18ClN3O3S. The number of halogens is 1. The van der Waals surface area contributed by atoms with Crippen LogP contribution in [0.15, 0.2) is 30.3 Å². The van der Waals surface area contributed by atoms with Crippen LogP contribution >= 0.6 is 22.9 Å². The summed E-state index contributed by atoms with van der Waals surface area (Å²) in [7, 11) is 0. The van der Waals surface area contributed by atoms with Gasteiger partial charge in [0.25, 0.3) is 5.91 Å². The van der Waals surface area contributed by atoms with Crippen LogP contribution in [0.25, 0.3) is 15.9 Å². The van der Waals surface area contributed by atoms with Gasteiger partial charge in [-0.05, 0) is 51.0 Å². The van der Waals surface area contributed by atoms with Gasteiger partial charge in [0.2, 0.25) is 0 Å². The SMILES string of the molecule is Cc1nn(-c2cccc(Cl)c2)c2sc(C(=O)O[C@H](C)C(=O)NC3CC3)cc12. The topological polar surface area (TPSA) is 73.2 Å². The molecule has 2 aromatic heterocycles. The second-order valence-corrected chi connectivity index (χ2v) is 8.10. The van der Waals surface area contributed by atoms with Crippen molar-refractivity contribution in [2.75, 3.05) is 0 Å². The van der Waals surface area contributed by atoms with Crippen LogP contribution in [0.2, 0.25) is 5.02 Å². The number of aromatic nitrogens is 2. The maximum atomic E-state index is 12.5. The number of hydrogen-bond donors (Lipinski definition) is 1. The molecule has 0 saturated heterocycles. The lowest BCUT2D eigenvalue weighted by Gasteiger charge is -2.12. The molecule has 1 atom stereocenters. The van der Waals surface area contributed by atoms with Crippen molar-refractivity contribution in [3.8, 4) is 5.69 Å². The number of amides is 1. The number of rotatable bonds is 5. The maximum Gasteiger partial charge on any atom is 0.349 e. The van der Waals surface area contributed by atoms with Crippen LogP contribution < -0.4 is 5.32 Å². The summed E-state index contributed by atoms with van der Waals surface area (Å²) in [5, 5.41) is 8.87. The number of thiophene rings is 1. The maximum absolute atomic E-state index is 12.5. The van der Waals surface area contributed by atoms with Gasteiger partial charge in [-0.2, -0.15) is 5.10 Å². The summed E-state index contributed by atoms with van der Waals surface area (Å²) >= 11 is 7.37. The van der Waals surface area contributed by atoms with Crippen molar-refractivity contribution in [1.29, 1.82) is 0 Å². The molecule has 3 aromatic rings. The molecule has 1 aromatic carbocycles. The highest BCUT2D eigenvalue weighted by Crippen LogP contribution is 2.31. The lowest BCUT2D eigenvalue weighted by Crippen LogP contribution is -2.36. The van der Waals surface area contributed by atoms with Crippen LogP contribution in [0, 0.1) is 6.92 Å². The first-order valence-electron chi connectivity index (χ1n) is 8.69. The van der Waals surface area contributed by atoms with Gasteiger partial charge in [0, 0.05) is 16.5 Å². The molecule has 8 heteroatoms. The number of esters is 1. The van der Waals surface area contributed by atoms with E-state index in [0.717, 1.165) is 34.4 Å². The Morgan fingerprint density at radius 1 is 1.37 bits per heavy atom. The van der Waals surface area contributed by atoms with Gasteiger partial charge >= 0.3 is 5.97 Å². The molecule has 1 N–H and O–H groups in total. The first-order valence-corrected chi connectivity index (χ1v) is 9.88. The average molecular weight is 404 g/mol. The molecule has 140 valence electrons. The highest BCUT2D eigenvalue weighted by Gasteiger charge is 2.28. The molecule has 1 amide bonds. The smallest absolute Gasteiger partial charge is 0.349 e. The molecule has 0 bridgehead atoms. The summed E-state index contributed by atoms with van der Waals surface area (Å²) in [5.41, 5.74) is 1.62. The van der Waals surface area contributed by atoms with E-state index < -0.39 is 12.1 Å². The molecule has 6 nitrogen and oxygen atoms in total. The van der Waals surface area contributed by atoms with Crippen molar-refractivity contribution in [2.24, 2.45) is 0 Å². The number of carbonyl (C=O) groups excluding carboxylic acids is 2. The summed E-state index contributed by atoms with van der Waals surface area (Å²) in [6, 6.07) is 9.36. The van der Waals surface area contributed by atoms with Crippen molar-refractivity contribution in [3.63, 3.8) is 0 Å². The largest absolute Gasteiger partial charge is 0.448 e. The minimum atomic E-state index is -0.825. The second-order valence-electron chi connectivity index (χ2n) is 6.64. The molecular weight excluding hydrogens is 386 g/mol. The van der Waals surface area contributed by atoms with E-state index in [1.54, 1.807) is 23.7 Å². The second kappa shape index (κ2) is 6.98. The van der Waals surface area contributed by atoms with Gasteiger partial charge in [-0.3, -0.25) is 4.79 Å². The van der Waals surface area contributed by atoms with E-state index in [0.29, 0.717) is 9.90 Å². The van der Waals surface area contributed by atoms with Crippen LogP contribution in [-0.2, 0) is 9.53 Å². The molecule has 1 aliphatic carbocycles. The normalized spacial score (nSPS) is 14.9. The van der Waals surface area contributed by atoms with Crippen molar-refractivity contribution < 1.29 is 14.3 Å². The quantitative estimate of drug-likeness (QED) is 0.656. The molecule has 1 fully saturated rings. The van der Waals surface area contributed by atoms with Gasteiger partial charge < -0.3 is 10.1 Å². The Morgan fingerprint density at radius 3 is 2.85 bits per heavy atom. The summed E-state index contributed by atoms with van der Waals surface area (Å²) in [5.74, 6) is -0.764. The monoisotopic (exact) mass is 403 g/mol. The van der Waals surface area contributed by atoms with E-state index in [9.17, 15) is 9.59 Å². The highest BCUT2D eigenvalue weighted by atomic mass is 35.5. The zero-order chi connectivity index (χ0) is 19.1. The summed E-state index contributed by atoms with van der Waals surface area (Å²) < 4.78 is 7.10. The average Bonchev–Trinajstić information content (AvgIpc) is 3.24. The standard InChI is InChI=1S/C19H18ClN3O3S/c1-10-15-9-16(19(25)26-11(2)17(24)21-13-6-7-13)27-18(15)23(22-10)14-5-3-4-12(20)8-14/h3-5,8-9,11,13H,6-7H2,1-2H3,(H,21,24)/t11-/m1/s1. The molecule has 4 rings (SSSR count). The number of ether oxygens (including phenoxy) is 1. The van der Waals surface area contributed by atoms with Gasteiger partial charge in [-0.15, -0.1) is 11.3 Å². The zero-order valence-corrected chi connectivity index (χ0v) is 16.4. The van der Waals surface area contributed by atoms with Crippen molar-refractivity contribution in [2.45, 2.75) is 38.8 Å². The van der Waals surface area contributed by atoms with Crippen LogP contribution in [0.1, 0.15) is 35.1 Å². The fourth-order valence-electron chi connectivity index (χ4n) is 2.75. The van der Waals surface area contributed by atoms with E-state index in [2.05, 4.69) is 10.4 Å². The number of hydrogen-bond acceptors (Lipinski definition) is 5. The van der Waals surface area contributed by atoms with Crippen LogP contribution in [0.3, 0.4) is 0 Å². The van der Waals surface area contributed by atoms with E-state index in [1.807, 2.05) is 25.1 Å². The lowest BCUT2D eigenvalue weighted by atomic mass is 10.3. The van der Waals surface area contributed by atoms with Gasteiger partial charge in [0.15, 0.2) is 6.10 Å². The third-order valence-electron chi connectivity index (χ3n) is 4.38. The first kappa shape index (κ1) is 18.0. The Hall–Kier alpha value is -2.38. The van der Waals surface area contributed by atoms with Crippen molar-refractivity contribution in [1.82, 2.24) is 15.1 Å². The number of nitrogens with one attached hydrogen (secondary N) is 1. The van der Waals surface area contributed by atoms with E-state index in [-0.39, 0.29) is 11.9 Å². The Labute approximate surface area is 165 Å². The zero-order valence-electron chi connectivity index (χ0n) is 14.9. The molecule has 1 saturated carbocycles. The van der Waals surface area contributed by atoms with Gasteiger partial charge in [0.05, 0.1) is 11.4 Å². The Morgan fingerprint density at radius 2 is 2.15 bits per heavy atom. The molecule has 0 aliphatic heterocycles. The van der Waals surface area contributed by atoms with Crippen LogP contribution in [0.4, 0.5) is 0 Å². The van der Waals surface area contributed by atoms with Gasteiger partial charge in [0.1, 0.15) is 9.71 Å². The number of aryl methyl sites for hydroxylation is 1. The lowest BCUT2D eigenvalue weighted by molar-refractivity contribution is -0.129. The minimum absolute atomic E-state index is 0.231. The first-order chi connectivity index (χ1) is 12.9. The number of nitrogens with zero attached hydrogens (tertiary/aromatic N) is 2. The summed E-state index contributed by atoms with van der Waals surface area (Å²) in [6.07, 6.45) is 1.15. The Bertz CT molecular complexity index is 1040. The summed E-state index contributed by atoms with van der Waals surface area (Å²) in [6.45, 7) is 3.47. The van der Waals surface area contributed by atoms with Gasteiger partial charge in [-0.25, -0.2) is 9.48 Å². The molecule has 27 heavy (non-hydrogen) atoms. The molecule has 1 aliphatic rings. The molecule has 0 radical (unpaired) electrons. The fourth-order valence-corrected chi connectivity index (χ4v) is 4.00. The Kier molecular flexibility index (Phi) is 4.65. The van der Waals surface area contributed by atoms with Crippen LogP contribution in [0.5, 0.6) is 0 Å². The predicted molar refractivity (Wildman–Crippen MR) is 105 cm³/mol. The van der Waals surface area contributed by atoms with E-state index in [1.165, 1.54) is 11.3 Å². The predicted octanol–water partition coefficient (Wildman–Crippen LogP) is 3.87. The van der Waals surface area contributed by atoms with Crippen molar-refractivity contribution in [3.05, 3.63) is 45.9 Å². The molecule has 0 spiro atoms. The number of carbonyl (C=O) groups is 2. The molecule has 2 heterocycles. The third-order valence-corrected chi connectivity index (χ3v) is 5.70. The van der Waals surface area contributed by atoms with Crippen molar-refractivity contribution >= 4 is 45.0 Å². The highest BCUT2D eigenvalue weighted by molar-refractivity contribution is 7.20.